The number of phenolic OH excluding ortho intramolecular Hbond substituents is 1. The van der Waals surface area contributed by atoms with Gasteiger partial charge in [-0.25, -0.2) is 4.39 Å². The smallest absolute Gasteiger partial charge is 0.185 e. The SMILES string of the molecule is O=Cc1ccc(-c2ccc(I)c(F)c2O)o1. The van der Waals surface area contributed by atoms with Crippen LogP contribution in [-0.4, -0.2) is 11.4 Å². The van der Waals surface area contributed by atoms with E-state index in [9.17, 15) is 14.3 Å². The summed E-state index contributed by atoms with van der Waals surface area (Å²) in [5, 5.41) is 9.59. The van der Waals surface area contributed by atoms with Crippen LogP contribution in [0.5, 0.6) is 5.75 Å². The molecule has 1 N–H and O–H groups in total. The van der Waals surface area contributed by atoms with Gasteiger partial charge in [-0.3, -0.25) is 4.79 Å². The van der Waals surface area contributed by atoms with Crippen molar-refractivity contribution in [2.24, 2.45) is 0 Å². The maximum Gasteiger partial charge on any atom is 0.185 e. The number of carbonyl (C=O) groups excluding carboxylic acids is 1. The molecule has 0 bridgehead atoms. The highest BCUT2D eigenvalue weighted by Gasteiger charge is 2.14. The van der Waals surface area contributed by atoms with Gasteiger partial charge in [0.15, 0.2) is 23.6 Å². The minimum absolute atomic E-state index is 0.133. The van der Waals surface area contributed by atoms with E-state index in [1.807, 2.05) is 0 Å². The lowest BCUT2D eigenvalue weighted by atomic mass is 10.1. The van der Waals surface area contributed by atoms with Crippen molar-refractivity contribution in [2.45, 2.75) is 0 Å². The second-order valence-corrected chi connectivity index (χ2v) is 4.24. The normalized spacial score (nSPS) is 10.4. The van der Waals surface area contributed by atoms with Crippen molar-refractivity contribution < 1.29 is 18.7 Å². The Balaban J connectivity index is 2.56. The van der Waals surface area contributed by atoms with Crippen molar-refractivity contribution in [3.8, 4) is 17.1 Å². The first kappa shape index (κ1) is 11.1. The molecular weight excluding hydrogens is 326 g/mol. The predicted octanol–water partition coefficient (Wildman–Crippen LogP) is 3.21. The molecule has 1 aromatic carbocycles. The highest BCUT2D eigenvalue weighted by Crippen LogP contribution is 2.34. The molecule has 0 saturated heterocycles. The summed E-state index contributed by atoms with van der Waals surface area (Å²) in [6.45, 7) is 0. The third kappa shape index (κ3) is 1.82. The molecule has 16 heavy (non-hydrogen) atoms. The van der Waals surface area contributed by atoms with Crippen LogP contribution in [0, 0.1) is 9.39 Å². The fraction of sp³-hybridized carbons (Fsp3) is 0. The summed E-state index contributed by atoms with van der Waals surface area (Å²) in [4.78, 5) is 10.4. The molecule has 0 fully saturated rings. The molecule has 0 aliphatic carbocycles. The Kier molecular flexibility index (Phi) is 2.95. The van der Waals surface area contributed by atoms with Gasteiger partial charge in [0.2, 0.25) is 0 Å². The van der Waals surface area contributed by atoms with Gasteiger partial charge in [0, 0.05) is 0 Å². The first-order chi connectivity index (χ1) is 7.63. The molecule has 0 radical (unpaired) electrons. The van der Waals surface area contributed by atoms with E-state index in [4.69, 9.17) is 4.42 Å². The van der Waals surface area contributed by atoms with Crippen molar-refractivity contribution in [3.05, 3.63) is 39.4 Å². The number of furan rings is 1. The van der Waals surface area contributed by atoms with E-state index < -0.39 is 11.6 Å². The maximum absolute atomic E-state index is 13.4. The fourth-order valence-electron chi connectivity index (χ4n) is 1.30. The number of phenols is 1. The van der Waals surface area contributed by atoms with E-state index in [1.54, 1.807) is 22.6 Å². The molecule has 5 heteroatoms. The van der Waals surface area contributed by atoms with Gasteiger partial charge in [0.1, 0.15) is 5.76 Å². The minimum atomic E-state index is -0.692. The van der Waals surface area contributed by atoms with Crippen LogP contribution in [0.4, 0.5) is 4.39 Å². The van der Waals surface area contributed by atoms with Crippen LogP contribution in [0.3, 0.4) is 0 Å². The van der Waals surface area contributed by atoms with E-state index in [0.29, 0.717) is 9.86 Å². The van der Waals surface area contributed by atoms with Gasteiger partial charge < -0.3 is 9.52 Å². The van der Waals surface area contributed by atoms with Gasteiger partial charge >= 0.3 is 0 Å². The van der Waals surface area contributed by atoms with Gasteiger partial charge in [-0.05, 0) is 46.9 Å². The number of halogens is 2. The van der Waals surface area contributed by atoms with Crippen LogP contribution in [0.15, 0.2) is 28.7 Å². The number of aldehydes is 1. The number of carbonyl (C=O) groups is 1. The van der Waals surface area contributed by atoms with Crippen molar-refractivity contribution in [3.63, 3.8) is 0 Å². The van der Waals surface area contributed by atoms with Gasteiger partial charge in [0.05, 0.1) is 9.13 Å². The lowest BCUT2D eigenvalue weighted by Crippen LogP contribution is -1.85. The third-order valence-corrected chi connectivity index (χ3v) is 2.91. The summed E-state index contributed by atoms with van der Waals surface area (Å²) >= 11 is 1.78. The second-order valence-electron chi connectivity index (χ2n) is 3.08. The predicted molar refractivity (Wildman–Crippen MR) is 63.9 cm³/mol. The molecule has 0 atom stereocenters. The van der Waals surface area contributed by atoms with E-state index >= 15 is 0 Å². The van der Waals surface area contributed by atoms with Gasteiger partial charge in [0.25, 0.3) is 0 Å². The highest BCUT2D eigenvalue weighted by molar-refractivity contribution is 14.1. The fourth-order valence-corrected chi connectivity index (χ4v) is 1.73. The highest BCUT2D eigenvalue weighted by atomic mass is 127. The van der Waals surface area contributed by atoms with Crippen molar-refractivity contribution in [1.82, 2.24) is 0 Å². The standard InChI is InChI=1S/C11H6FIO3/c12-10-8(13)3-2-7(11(10)15)9-4-1-6(5-14)16-9/h1-5,15H. The topological polar surface area (TPSA) is 50.4 Å². The molecule has 2 aromatic rings. The van der Waals surface area contributed by atoms with Crippen LogP contribution in [0.1, 0.15) is 10.6 Å². The Morgan fingerprint density at radius 3 is 2.69 bits per heavy atom. The molecular formula is C11H6FIO3. The third-order valence-electron chi connectivity index (χ3n) is 2.08. The Bertz CT molecular complexity index is 548. The van der Waals surface area contributed by atoms with Gasteiger partial charge in [-0.1, -0.05) is 0 Å². The van der Waals surface area contributed by atoms with Crippen molar-refractivity contribution in [1.29, 1.82) is 0 Å². The van der Waals surface area contributed by atoms with E-state index in [2.05, 4.69) is 0 Å². The Morgan fingerprint density at radius 1 is 1.31 bits per heavy atom. The average molecular weight is 332 g/mol. The monoisotopic (exact) mass is 332 g/mol. The molecule has 1 aromatic heterocycles. The van der Waals surface area contributed by atoms with Gasteiger partial charge in [-0.2, -0.15) is 0 Å². The number of rotatable bonds is 2. The minimum Gasteiger partial charge on any atom is -0.504 e. The summed E-state index contributed by atoms with van der Waals surface area (Å²) in [6, 6.07) is 6.02. The number of hydrogen-bond donors (Lipinski definition) is 1. The zero-order valence-electron chi connectivity index (χ0n) is 7.91. The largest absolute Gasteiger partial charge is 0.504 e. The Hall–Kier alpha value is -1.37. The summed E-state index contributed by atoms with van der Waals surface area (Å²) in [5.41, 5.74) is 0.228. The van der Waals surface area contributed by atoms with E-state index in [-0.39, 0.29) is 17.1 Å². The van der Waals surface area contributed by atoms with Crippen molar-refractivity contribution >= 4 is 28.9 Å². The molecule has 0 saturated carbocycles. The van der Waals surface area contributed by atoms with E-state index in [1.165, 1.54) is 24.3 Å². The second kappa shape index (κ2) is 4.25. The molecule has 0 amide bonds. The molecule has 0 aliphatic rings. The Morgan fingerprint density at radius 2 is 2.06 bits per heavy atom. The summed E-state index contributed by atoms with van der Waals surface area (Å²) in [5.74, 6) is -0.774. The van der Waals surface area contributed by atoms with E-state index in [0.717, 1.165) is 0 Å². The molecule has 3 nitrogen and oxygen atoms in total. The van der Waals surface area contributed by atoms with Gasteiger partial charge in [-0.15, -0.1) is 0 Å². The summed E-state index contributed by atoms with van der Waals surface area (Å²) < 4.78 is 18.8. The summed E-state index contributed by atoms with van der Waals surface area (Å²) in [7, 11) is 0. The van der Waals surface area contributed by atoms with Crippen molar-refractivity contribution in [2.75, 3.05) is 0 Å². The first-order valence-corrected chi connectivity index (χ1v) is 5.43. The zero-order valence-corrected chi connectivity index (χ0v) is 10.1. The lowest BCUT2D eigenvalue weighted by Gasteiger charge is -2.03. The number of aromatic hydroxyl groups is 1. The van der Waals surface area contributed by atoms with Crippen LogP contribution >= 0.6 is 22.6 Å². The quantitative estimate of drug-likeness (QED) is 0.679. The maximum atomic E-state index is 13.4. The van der Waals surface area contributed by atoms with Crippen LogP contribution in [-0.2, 0) is 0 Å². The average Bonchev–Trinajstić information content (AvgIpc) is 2.74. The molecule has 0 aliphatic heterocycles. The number of benzene rings is 1. The first-order valence-electron chi connectivity index (χ1n) is 4.36. The zero-order chi connectivity index (χ0) is 11.7. The molecule has 2 rings (SSSR count). The lowest BCUT2D eigenvalue weighted by molar-refractivity contribution is 0.110. The molecule has 82 valence electrons. The van der Waals surface area contributed by atoms with Crippen LogP contribution in [0.25, 0.3) is 11.3 Å². The van der Waals surface area contributed by atoms with Crippen LogP contribution in [0.2, 0.25) is 0 Å². The molecule has 0 spiro atoms. The number of hydrogen-bond acceptors (Lipinski definition) is 3. The Labute approximate surface area is 104 Å². The molecule has 1 heterocycles. The molecule has 0 unspecified atom stereocenters. The van der Waals surface area contributed by atoms with Crippen LogP contribution < -0.4 is 0 Å². The summed E-state index contributed by atoms with van der Waals surface area (Å²) in [6.07, 6.45) is 0.545.